The SMILES string of the molecule is CN(C)c1ccc2c(c1)Oc1cc(N(C)C)ccc1N2c1ncncn1. The number of benzene rings is 2. The Bertz CT molecular complexity index is 885. The predicted molar refractivity (Wildman–Crippen MR) is 103 cm³/mol. The van der Waals surface area contributed by atoms with E-state index in [1.54, 1.807) is 0 Å². The smallest absolute Gasteiger partial charge is 0.237 e. The average Bonchev–Trinajstić information content (AvgIpc) is 2.65. The largest absolute Gasteiger partial charge is 0.453 e. The van der Waals surface area contributed by atoms with E-state index in [-0.39, 0.29) is 0 Å². The molecule has 0 spiro atoms. The molecular weight excluding hydrogens is 328 g/mol. The van der Waals surface area contributed by atoms with Gasteiger partial charge in [-0.1, -0.05) is 0 Å². The van der Waals surface area contributed by atoms with Crippen molar-refractivity contribution in [1.82, 2.24) is 15.0 Å². The predicted octanol–water partition coefficient (Wildman–Crippen LogP) is 3.58. The van der Waals surface area contributed by atoms with Gasteiger partial charge in [0.05, 0.1) is 11.4 Å². The van der Waals surface area contributed by atoms with Crippen molar-refractivity contribution in [2.45, 2.75) is 0 Å². The fourth-order valence-electron chi connectivity index (χ4n) is 2.91. The van der Waals surface area contributed by atoms with Crippen LogP contribution in [0.25, 0.3) is 0 Å². The zero-order valence-electron chi connectivity index (χ0n) is 15.2. The molecule has 0 bridgehead atoms. The molecule has 0 saturated carbocycles. The Morgan fingerprint density at radius 2 is 1.27 bits per heavy atom. The molecule has 1 aromatic heterocycles. The molecule has 1 aliphatic rings. The van der Waals surface area contributed by atoms with Crippen LogP contribution in [-0.4, -0.2) is 43.1 Å². The van der Waals surface area contributed by atoms with Gasteiger partial charge in [-0.15, -0.1) is 0 Å². The van der Waals surface area contributed by atoms with E-state index in [1.165, 1.54) is 12.7 Å². The maximum Gasteiger partial charge on any atom is 0.237 e. The summed E-state index contributed by atoms with van der Waals surface area (Å²) in [5, 5.41) is 0. The van der Waals surface area contributed by atoms with E-state index >= 15 is 0 Å². The molecule has 0 aliphatic carbocycles. The second-order valence-corrected chi connectivity index (χ2v) is 6.47. The molecule has 0 saturated heterocycles. The number of fused-ring (bicyclic) bond motifs is 2. The first-order chi connectivity index (χ1) is 12.5. The van der Waals surface area contributed by atoms with Crippen LogP contribution in [0.1, 0.15) is 0 Å². The summed E-state index contributed by atoms with van der Waals surface area (Å²) >= 11 is 0. The number of hydrogen-bond donors (Lipinski definition) is 0. The molecule has 4 rings (SSSR count). The van der Waals surface area contributed by atoms with Crippen LogP contribution < -0.4 is 19.4 Å². The topological polar surface area (TPSA) is 57.6 Å². The molecule has 0 fully saturated rings. The van der Waals surface area contributed by atoms with Crippen molar-refractivity contribution in [2.75, 3.05) is 42.9 Å². The van der Waals surface area contributed by atoms with Crippen LogP contribution >= 0.6 is 0 Å². The Morgan fingerprint density at radius 1 is 0.769 bits per heavy atom. The fourth-order valence-corrected chi connectivity index (χ4v) is 2.91. The van der Waals surface area contributed by atoms with E-state index in [0.29, 0.717) is 5.95 Å². The lowest BCUT2D eigenvalue weighted by Gasteiger charge is -2.32. The lowest BCUT2D eigenvalue weighted by molar-refractivity contribution is 0.476. The molecular formula is C19H20N6O. The molecule has 7 nitrogen and oxygen atoms in total. The molecule has 26 heavy (non-hydrogen) atoms. The number of hydrogen-bond acceptors (Lipinski definition) is 7. The van der Waals surface area contributed by atoms with Crippen LogP contribution in [0.5, 0.6) is 11.5 Å². The van der Waals surface area contributed by atoms with Gasteiger partial charge in [0, 0.05) is 51.7 Å². The average molecular weight is 348 g/mol. The lowest BCUT2D eigenvalue weighted by atomic mass is 10.1. The van der Waals surface area contributed by atoms with Crippen LogP contribution in [-0.2, 0) is 0 Å². The molecule has 0 unspecified atom stereocenters. The first-order valence-corrected chi connectivity index (χ1v) is 8.27. The Balaban J connectivity index is 1.91. The molecule has 1 aliphatic heterocycles. The van der Waals surface area contributed by atoms with Crippen molar-refractivity contribution >= 4 is 28.7 Å². The van der Waals surface area contributed by atoms with Gasteiger partial charge < -0.3 is 14.5 Å². The second kappa shape index (κ2) is 6.18. The monoisotopic (exact) mass is 348 g/mol. The van der Waals surface area contributed by atoms with Gasteiger partial charge in [0.15, 0.2) is 11.5 Å². The highest BCUT2D eigenvalue weighted by atomic mass is 16.5. The first kappa shape index (κ1) is 16.1. The Kier molecular flexibility index (Phi) is 3.84. The van der Waals surface area contributed by atoms with Gasteiger partial charge in [0.2, 0.25) is 5.95 Å². The summed E-state index contributed by atoms with van der Waals surface area (Å²) in [4.78, 5) is 18.7. The summed E-state index contributed by atoms with van der Waals surface area (Å²) in [5.74, 6) is 2.08. The Morgan fingerprint density at radius 3 is 1.73 bits per heavy atom. The van der Waals surface area contributed by atoms with Gasteiger partial charge >= 0.3 is 0 Å². The quantitative estimate of drug-likeness (QED) is 0.561. The van der Waals surface area contributed by atoms with Crippen LogP contribution in [0.4, 0.5) is 28.7 Å². The van der Waals surface area contributed by atoms with Crippen molar-refractivity contribution in [2.24, 2.45) is 0 Å². The Labute approximate surface area is 152 Å². The minimum Gasteiger partial charge on any atom is -0.453 e. The molecule has 0 N–H and O–H groups in total. The summed E-state index contributed by atoms with van der Waals surface area (Å²) in [6, 6.07) is 12.2. The molecule has 0 amide bonds. The minimum atomic E-state index is 0.556. The fraction of sp³-hybridized carbons (Fsp3) is 0.211. The number of anilines is 5. The Hall–Kier alpha value is -3.35. The number of ether oxygens (including phenoxy) is 1. The van der Waals surface area contributed by atoms with Gasteiger partial charge in [-0.3, -0.25) is 4.90 Å². The summed E-state index contributed by atoms with van der Waals surface area (Å²) in [6.45, 7) is 0. The van der Waals surface area contributed by atoms with Crippen molar-refractivity contribution in [1.29, 1.82) is 0 Å². The van der Waals surface area contributed by atoms with Gasteiger partial charge in [-0.25, -0.2) is 15.0 Å². The third-order valence-electron chi connectivity index (χ3n) is 4.30. The van der Waals surface area contributed by atoms with Crippen molar-refractivity contribution in [3.8, 4) is 11.5 Å². The van der Waals surface area contributed by atoms with Crippen LogP contribution in [0.15, 0.2) is 49.1 Å². The summed E-state index contributed by atoms with van der Waals surface area (Å²) < 4.78 is 6.24. The van der Waals surface area contributed by atoms with Crippen molar-refractivity contribution < 1.29 is 4.74 Å². The van der Waals surface area contributed by atoms with E-state index in [4.69, 9.17) is 4.74 Å². The zero-order valence-corrected chi connectivity index (χ0v) is 15.2. The lowest BCUT2D eigenvalue weighted by Crippen LogP contribution is -2.19. The molecule has 0 atom stereocenters. The van der Waals surface area contributed by atoms with Crippen LogP contribution in [0.3, 0.4) is 0 Å². The van der Waals surface area contributed by atoms with E-state index in [0.717, 1.165) is 34.2 Å². The van der Waals surface area contributed by atoms with E-state index in [1.807, 2.05) is 67.2 Å². The van der Waals surface area contributed by atoms with Crippen molar-refractivity contribution in [3.05, 3.63) is 49.1 Å². The molecule has 132 valence electrons. The van der Waals surface area contributed by atoms with Gasteiger partial charge in [0.1, 0.15) is 12.7 Å². The number of rotatable bonds is 3. The molecule has 2 heterocycles. The molecule has 0 radical (unpaired) electrons. The minimum absolute atomic E-state index is 0.556. The second-order valence-electron chi connectivity index (χ2n) is 6.47. The van der Waals surface area contributed by atoms with Gasteiger partial charge in [0.25, 0.3) is 0 Å². The number of nitrogens with zero attached hydrogens (tertiary/aromatic N) is 6. The van der Waals surface area contributed by atoms with E-state index in [9.17, 15) is 0 Å². The zero-order chi connectivity index (χ0) is 18.3. The first-order valence-electron chi connectivity index (χ1n) is 8.27. The third kappa shape index (κ3) is 2.67. The normalized spacial score (nSPS) is 12.1. The summed E-state index contributed by atoms with van der Waals surface area (Å²) in [7, 11) is 8.03. The van der Waals surface area contributed by atoms with E-state index in [2.05, 4.69) is 27.1 Å². The van der Waals surface area contributed by atoms with Crippen LogP contribution in [0.2, 0.25) is 0 Å². The van der Waals surface area contributed by atoms with Crippen molar-refractivity contribution in [3.63, 3.8) is 0 Å². The standard InChI is InChI=1S/C19H20N6O/c1-23(2)13-5-7-15-17(9-13)26-18-10-14(24(3)4)6-8-16(18)25(15)19-21-11-20-12-22-19/h5-12H,1-4H3. The molecule has 2 aromatic carbocycles. The summed E-state index contributed by atoms with van der Waals surface area (Å²) in [6.07, 6.45) is 3.00. The van der Waals surface area contributed by atoms with Crippen LogP contribution in [0, 0.1) is 0 Å². The maximum absolute atomic E-state index is 6.24. The van der Waals surface area contributed by atoms with E-state index < -0.39 is 0 Å². The highest BCUT2D eigenvalue weighted by Crippen LogP contribution is 2.51. The highest BCUT2D eigenvalue weighted by Gasteiger charge is 2.28. The molecule has 7 heteroatoms. The van der Waals surface area contributed by atoms with Gasteiger partial charge in [-0.05, 0) is 24.3 Å². The van der Waals surface area contributed by atoms with Gasteiger partial charge in [-0.2, -0.15) is 0 Å². The highest BCUT2D eigenvalue weighted by molar-refractivity contribution is 5.86. The maximum atomic E-state index is 6.24. The summed E-state index contributed by atoms with van der Waals surface area (Å²) in [5.41, 5.74) is 3.91. The third-order valence-corrected chi connectivity index (χ3v) is 4.30. The molecule has 3 aromatic rings. The number of aromatic nitrogens is 3.